The topological polar surface area (TPSA) is 57.5 Å². The number of halogens is 3. The van der Waals surface area contributed by atoms with E-state index in [9.17, 15) is 28.2 Å². The molecule has 0 saturated heterocycles. The molecule has 0 saturated carbocycles. The van der Waals surface area contributed by atoms with Crippen molar-refractivity contribution in [1.29, 1.82) is 0 Å². The number of rotatable bonds is 6. The number of aromatic hydroxyl groups is 2. The van der Waals surface area contributed by atoms with Crippen LogP contribution in [0.2, 0.25) is 0 Å². The summed E-state index contributed by atoms with van der Waals surface area (Å²) in [5.41, 5.74) is -1.30. The standard InChI is InChI=1S/C13H15F3O3/c1-2-3-4-5-7-12(18)9(8(17)6-14)10(15)11(16)13(7)19/h18-19H,2-6H2,1H3. The Kier molecular flexibility index (Phi) is 5.20. The number of ketones is 1. The van der Waals surface area contributed by atoms with Gasteiger partial charge < -0.3 is 10.2 Å². The van der Waals surface area contributed by atoms with Crippen molar-refractivity contribution in [1.82, 2.24) is 0 Å². The second kappa shape index (κ2) is 6.45. The minimum Gasteiger partial charge on any atom is -0.507 e. The third kappa shape index (κ3) is 3.00. The van der Waals surface area contributed by atoms with Crippen LogP contribution in [-0.2, 0) is 6.42 Å². The fourth-order valence-electron chi connectivity index (χ4n) is 1.82. The van der Waals surface area contributed by atoms with Gasteiger partial charge in [0.05, 0.1) is 0 Å². The monoisotopic (exact) mass is 276 g/mol. The summed E-state index contributed by atoms with van der Waals surface area (Å²) in [6, 6.07) is 0. The van der Waals surface area contributed by atoms with Crippen molar-refractivity contribution in [2.24, 2.45) is 0 Å². The fraction of sp³-hybridized carbons (Fsp3) is 0.462. The number of hydrogen-bond donors (Lipinski definition) is 2. The molecule has 6 heteroatoms. The molecule has 0 spiro atoms. The number of alkyl halides is 1. The first-order valence-electron chi connectivity index (χ1n) is 5.96. The van der Waals surface area contributed by atoms with Crippen LogP contribution in [0.25, 0.3) is 0 Å². The third-order valence-corrected chi connectivity index (χ3v) is 2.86. The summed E-state index contributed by atoms with van der Waals surface area (Å²) >= 11 is 0. The lowest BCUT2D eigenvalue weighted by atomic mass is 9.98. The Balaban J connectivity index is 3.30. The second-order valence-electron chi connectivity index (χ2n) is 4.19. The number of Topliss-reactive ketones (excluding diaryl/α,β-unsaturated/α-hetero) is 1. The lowest BCUT2D eigenvalue weighted by Gasteiger charge is -2.12. The maximum atomic E-state index is 13.4. The molecule has 0 atom stereocenters. The lowest BCUT2D eigenvalue weighted by Crippen LogP contribution is -2.09. The minimum absolute atomic E-state index is 0.0786. The van der Waals surface area contributed by atoms with Gasteiger partial charge in [-0.3, -0.25) is 4.79 Å². The smallest absolute Gasteiger partial charge is 0.201 e. The van der Waals surface area contributed by atoms with E-state index >= 15 is 0 Å². The number of benzene rings is 1. The van der Waals surface area contributed by atoms with Gasteiger partial charge in [-0.1, -0.05) is 19.8 Å². The molecular weight excluding hydrogens is 261 g/mol. The minimum atomic E-state index is -1.73. The Morgan fingerprint density at radius 1 is 1.11 bits per heavy atom. The molecule has 1 aromatic rings. The van der Waals surface area contributed by atoms with Crippen molar-refractivity contribution in [3.63, 3.8) is 0 Å². The predicted octanol–water partition coefficient (Wildman–Crippen LogP) is 3.26. The molecule has 19 heavy (non-hydrogen) atoms. The summed E-state index contributed by atoms with van der Waals surface area (Å²) in [5, 5.41) is 19.2. The zero-order valence-electron chi connectivity index (χ0n) is 10.5. The summed E-state index contributed by atoms with van der Waals surface area (Å²) in [6.45, 7) is 0.367. The molecule has 1 rings (SSSR count). The SMILES string of the molecule is CCCCCc1c(O)c(F)c(F)c(C(=O)CF)c1O. The van der Waals surface area contributed by atoms with Crippen LogP contribution in [0, 0.1) is 11.6 Å². The zero-order chi connectivity index (χ0) is 14.6. The maximum absolute atomic E-state index is 13.4. The molecule has 2 N–H and O–H groups in total. The Hall–Kier alpha value is -1.72. The van der Waals surface area contributed by atoms with Gasteiger partial charge in [0.1, 0.15) is 11.3 Å². The molecule has 1 aromatic carbocycles. The van der Waals surface area contributed by atoms with E-state index in [4.69, 9.17) is 0 Å². The van der Waals surface area contributed by atoms with E-state index in [2.05, 4.69) is 0 Å². The normalized spacial score (nSPS) is 10.7. The Morgan fingerprint density at radius 3 is 2.26 bits per heavy atom. The molecule has 106 valence electrons. The molecule has 0 aliphatic rings. The number of carbonyl (C=O) groups excluding carboxylic acids is 1. The molecule has 0 aliphatic carbocycles. The van der Waals surface area contributed by atoms with E-state index in [-0.39, 0.29) is 12.0 Å². The zero-order valence-corrected chi connectivity index (χ0v) is 10.5. The van der Waals surface area contributed by atoms with Crippen LogP contribution in [0.3, 0.4) is 0 Å². The van der Waals surface area contributed by atoms with Gasteiger partial charge in [-0.25, -0.2) is 8.78 Å². The highest BCUT2D eigenvalue weighted by molar-refractivity contribution is 6.00. The molecule has 0 unspecified atom stereocenters. The first-order valence-corrected chi connectivity index (χ1v) is 5.96. The molecule has 0 heterocycles. The molecule has 0 aromatic heterocycles. The van der Waals surface area contributed by atoms with E-state index in [1.165, 1.54) is 0 Å². The number of phenols is 2. The number of carbonyl (C=O) groups is 1. The lowest BCUT2D eigenvalue weighted by molar-refractivity contribution is 0.0950. The first-order chi connectivity index (χ1) is 8.95. The Bertz CT molecular complexity index is 487. The maximum Gasteiger partial charge on any atom is 0.201 e. The Morgan fingerprint density at radius 2 is 1.74 bits per heavy atom. The van der Waals surface area contributed by atoms with Gasteiger partial charge in [0, 0.05) is 5.56 Å². The predicted molar refractivity (Wildman–Crippen MR) is 63.2 cm³/mol. The van der Waals surface area contributed by atoms with E-state index in [1.54, 1.807) is 0 Å². The van der Waals surface area contributed by atoms with E-state index in [0.717, 1.165) is 12.8 Å². The van der Waals surface area contributed by atoms with E-state index < -0.39 is 41.2 Å². The van der Waals surface area contributed by atoms with Crippen LogP contribution in [-0.4, -0.2) is 22.7 Å². The highest BCUT2D eigenvalue weighted by atomic mass is 19.2. The van der Waals surface area contributed by atoms with Crippen molar-refractivity contribution >= 4 is 5.78 Å². The van der Waals surface area contributed by atoms with Crippen molar-refractivity contribution in [2.75, 3.05) is 6.67 Å². The molecule has 3 nitrogen and oxygen atoms in total. The van der Waals surface area contributed by atoms with Crippen LogP contribution in [0.1, 0.15) is 42.1 Å². The molecule has 0 amide bonds. The molecule has 0 fully saturated rings. The molecule has 0 aliphatic heterocycles. The second-order valence-corrected chi connectivity index (χ2v) is 4.19. The van der Waals surface area contributed by atoms with Crippen LogP contribution in [0.15, 0.2) is 0 Å². The summed E-state index contributed by atoms with van der Waals surface area (Å²) in [5.74, 6) is -6.62. The number of unbranched alkanes of at least 4 members (excludes halogenated alkanes) is 2. The summed E-state index contributed by atoms with van der Waals surface area (Å²) < 4.78 is 39.2. The van der Waals surface area contributed by atoms with Crippen molar-refractivity contribution in [2.45, 2.75) is 32.6 Å². The largest absolute Gasteiger partial charge is 0.507 e. The van der Waals surface area contributed by atoms with E-state index in [0.29, 0.717) is 6.42 Å². The summed E-state index contributed by atoms with van der Waals surface area (Å²) in [4.78, 5) is 11.2. The first kappa shape index (κ1) is 15.3. The third-order valence-electron chi connectivity index (χ3n) is 2.86. The van der Waals surface area contributed by atoms with Crippen LogP contribution < -0.4 is 0 Å². The highest BCUT2D eigenvalue weighted by Gasteiger charge is 2.27. The summed E-state index contributed by atoms with van der Waals surface area (Å²) in [7, 11) is 0. The van der Waals surface area contributed by atoms with Crippen LogP contribution in [0.5, 0.6) is 11.5 Å². The van der Waals surface area contributed by atoms with Crippen LogP contribution in [0.4, 0.5) is 13.2 Å². The van der Waals surface area contributed by atoms with Gasteiger partial charge in [-0.15, -0.1) is 0 Å². The van der Waals surface area contributed by atoms with Crippen LogP contribution >= 0.6 is 0 Å². The van der Waals surface area contributed by atoms with Crippen molar-refractivity contribution in [3.05, 3.63) is 22.8 Å². The van der Waals surface area contributed by atoms with Gasteiger partial charge in [0.25, 0.3) is 0 Å². The summed E-state index contributed by atoms with van der Waals surface area (Å²) in [6.07, 6.45) is 2.20. The molecule has 0 radical (unpaired) electrons. The number of phenolic OH excluding ortho intramolecular Hbond substituents is 2. The average Bonchev–Trinajstić information content (AvgIpc) is 2.40. The van der Waals surface area contributed by atoms with Gasteiger partial charge in [-0.05, 0) is 12.8 Å². The van der Waals surface area contributed by atoms with Gasteiger partial charge in [0.15, 0.2) is 18.2 Å². The number of hydrogen-bond acceptors (Lipinski definition) is 3. The molecule has 0 bridgehead atoms. The average molecular weight is 276 g/mol. The van der Waals surface area contributed by atoms with Crippen molar-refractivity contribution in [3.8, 4) is 11.5 Å². The quantitative estimate of drug-likeness (QED) is 0.619. The van der Waals surface area contributed by atoms with Gasteiger partial charge in [0.2, 0.25) is 11.6 Å². The highest BCUT2D eigenvalue weighted by Crippen LogP contribution is 2.37. The van der Waals surface area contributed by atoms with Gasteiger partial charge >= 0.3 is 0 Å². The van der Waals surface area contributed by atoms with Gasteiger partial charge in [-0.2, -0.15) is 4.39 Å². The molecular formula is C13H15F3O3. The van der Waals surface area contributed by atoms with Crippen molar-refractivity contribution < 1.29 is 28.2 Å². The van der Waals surface area contributed by atoms with E-state index in [1.807, 2.05) is 6.92 Å². The fourth-order valence-corrected chi connectivity index (χ4v) is 1.82. The Labute approximate surface area is 108 Å².